The summed E-state index contributed by atoms with van der Waals surface area (Å²) in [6.45, 7) is 4.25. The molecule has 2 heteroatoms. The van der Waals surface area contributed by atoms with Crippen LogP contribution in [0.25, 0.3) is 11.0 Å². The van der Waals surface area contributed by atoms with Crippen molar-refractivity contribution in [1.29, 1.82) is 0 Å². The summed E-state index contributed by atoms with van der Waals surface area (Å²) < 4.78 is 5.34. The van der Waals surface area contributed by atoms with Gasteiger partial charge in [0.2, 0.25) is 0 Å². The predicted molar refractivity (Wildman–Crippen MR) is 55.7 cm³/mol. The number of hydrogen-bond donors (Lipinski definition) is 0. The van der Waals surface area contributed by atoms with E-state index in [2.05, 4.69) is 19.9 Å². The van der Waals surface area contributed by atoms with Crippen molar-refractivity contribution in [2.24, 2.45) is 0 Å². The number of hydrogen-bond acceptors (Lipinski definition) is 2. The molecule has 0 saturated heterocycles. The number of fused-ring (bicyclic) bond motifs is 1. The minimum absolute atomic E-state index is 0.396. The van der Waals surface area contributed by atoms with E-state index >= 15 is 0 Å². The smallest absolute Gasteiger partial charge is 0.185 e. The van der Waals surface area contributed by atoms with E-state index in [4.69, 9.17) is 4.42 Å². The predicted octanol–water partition coefficient (Wildman–Crippen LogP) is 3.37. The fraction of sp³-hybridized carbons (Fsp3) is 0.250. The lowest BCUT2D eigenvalue weighted by molar-refractivity contribution is 0.110. The maximum atomic E-state index is 10.6. The molecule has 0 aliphatic rings. The number of aldehydes is 1. The van der Waals surface area contributed by atoms with Gasteiger partial charge in [-0.1, -0.05) is 26.0 Å². The van der Waals surface area contributed by atoms with E-state index in [9.17, 15) is 4.79 Å². The van der Waals surface area contributed by atoms with E-state index in [1.165, 1.54) is 5.56 Å². The van der Waals surface area contributed by atoms with Gasteiger partial charge in [-0.2, -0.15) is 0 Å². The first kappa shape index (κ1) is 9.00. The first-order chi connectivity index (χ1) is 6.72. The van der Waals surface area contributed by atoms with Gasteiger partial charge < -0.3 is 4.42 Å². The van der Waals surface area contributed by atoms with Crippen LogP contribution in [-0.4, -0.2) is 6.29 Å². The zero-order valence-electron chi connectivity index (χ0n) is 8.28. The summed E-state index contributed by atoms with van der Waals surface area (Å²) in [5, 5.41) is 1.05. The second kappa shape index (κ2) is 3.29. The standard InChI is InChI=1S/C12H12O2/c1-8(2)10-4-3-5-12-11(10)6-9(7-13)14-12/h3-8H,1-2H3. The Morgan fingerprint density at radius 2 is 2.14 bits per heavy atom. The van der Waals surface area contributed by atoms with E-state index in [1.807, 2.05) is 12.1 Å². The molecule has 0 unspecified atom stereocenters. The quantitative estimate of drug-likeness (QED) is 0.676. The van der Waals surface area contributed by atoms with Gasteiger partial charge in [-0.05, 0) is 23.6 Å². The summed E-state index contributed by atoms with van der Waals surface area (Å²) in [6.07, 6.45) is 0.740. The van der Waals surface area contributed by atoms with E-state index in [1.54, 1.807) is 6.07 Å². The lowest BCUT2D eigenvalue weighted by atomic mass is 9.99. The molecule has 1 heterocycles. The van der Waals surface area contributed by atoms with E-state index < -0.39 is 0 Å². The Bertz CT molecular complexity index is 466. The second-order valence-corrected chi connectivity index (χ2v) is 3.68. The van der Waals surface area contributed by atoms with Crippen LogP contribution in [0.1, 0.15) is 35.9 Å². The molecule has 0 N–H and O–H groups in total. The topological polar surface area (TPSA) is 30.2 Å². The van der Waals surface area contributed by atoms with E-state index in [-0.39, 0.29) is 0 Å². The molecule has 2 rings (SSSR count). The monoisotopic (exact) mass is 188 g/mol. The summed E-state index contributed by atoms with van der Waals surface area (Å²) in [5.74, 6) is 0.837. The fourth-order valence-electron chi connectivity index (χ4n) is 1.66. The second-order valence-electron chi connectivity index (χ2n) is 3.68. The molecule has 1 aromatic heterocycles. The third-order valence-electron chi connectivity index (χ3n) is 2.35. The molecule has 0 saturated carbocycles. The first-order valence-electron chi connectivity index (χ1n) is 4.70. The average molecular weight is 188 g/mol. The van der Waals surface area contributed by atoms with Crippen molar-refractivity contribution >= 4 is 17.3 Å². The molecule has 0 radical (unpaired) electrons. The van der Waals surface area contributed by atoms with Crippen molar-refractivity contribution in [3.05, 3.63) is 35.6 Å². The molecule has 0 fully saturated rings. The zero-order valence-corrected chi connectivity index (χ0v) is 8.28. The van der Waals surface area contributed by atoms with Crippen molar-refractivity contribution in [1.82, 2.24) is 0 Å². The molecule has 0 spiro atoms. The minimum atomic E-state index is 0.396. The van der Waals surface area contributed by atoms with Crippen LogP contribution < -0.4 is 0 Å². The third kappa shape index (κ3) is 1.33. The average Bonchev–Trinajstić information content (AvgIpc) is 2.59. The summed E-state index contributed by atoms with van der Waals surface area (Å²) >= 11 is 0. The van der Waals surface area contributed by atoms with Crippen LogP contribution in [-0.2, 0) is 0 Å². The minimum Gasteiger partial charge on any atom is -0.453 e. The van der Waals surface area contributed by atoms with Crippen molar-refractivity contribution in [2.75, 3.05) is 0 Å². The van der Waals surface area contributed by atoms with Crippen LogP contribution in [0.2, 0.25) is 0 Å². The zero-order chi connectivity index (χ0) is 10.1. The fourth-order valence-corrected chi connectivity index (χ4v) is 1.66. The van der Waals surface area contributed by atoms with Gasteiger partial charge in [0, 0.05) is 5.39 Å². The Morgan fingerprint density at radius 3 is 2.79 bits per heavy atom. The van der Waals surface area contributed by atoms with Crippen LogP contribution >= 0.6 is 0 Å². The van der Waals surface area contributed by atoms with Gasteiger partial charge >= 0.3 is 0 Å². The normalized spacial score (nSPS) is 11.1. The van der Waals surface area contributed by atoms with Gasteiger partial charge in [-0.3, -0.25) is 4.79 Å². The number of furan rings is 1. The van der Waals surface area contributed by atoms with E-state index in [0.717, 1.165) is 17.3 Å². The van der Waals surface area contributed by atoms with Crippen molar-refractivity contribution < 1.29 is 9.21 Å². The maximum Gasteiger partial charge on any atom is 0.185 e. The SMILES string of the molecule is CC(C)c1cccc2oc(C=O)cc12. The summed E-state index contributed by atoms with van der Waals surface area (Å²) in [4.78, 5) is 10.6. The first-order valence-corrected chi connectivity index (χ1v) is 4.70. The molecule has 0 aliphatic carbocycles. The molecular formula is C12H12O2. The Morgan fingerprint density at radius 1 is 1.36 bits per heavy atom. The Labute approximate surface area is 82.5 Å². The molecule has 2 nitrogen and oxygen atoms in total. The highest BCUT2D eigenvalue weighted by Crippen LogP contribution is 2.27. The highest BCUT2D eigenvalue weighted by Gasteiger charge is 2.09. The molecule has 0 atom stereocenters. The molecule has 2 aromatic rings. The van der Waals surface area contributed by atoms with Gasteiger partial charge in [0.15, 0.2) is 12.0 Å². The molecule has 0 amide bonds. The summed E-state index contributed by atoms with van der Waals surface area (Å²) in [5.41, 5.74) is 2.01. The van der Waals surface area contributed by atoms with Crippen molar-refractivity contribution in [2.45, 2.75) is 19.8 Å². The lowest BCUT2D eigenvalue weighted by Crippen LogP contribution is -1.86. The highest BCUT2D eigenvalue weighted by atomic mass is 16.3. The van der Waals surface area contributed by atoms with Crippen LogP contribution in [0.15, 0.2) is 28.7 Å². The van der Waals surface area contributed by atoms with Crippen LogP contribution in [0.5, 0.6) is 0 Å². The number of carbonyl (C=O) groups is 1. The summed E-state index contributed by atoms with van der Waals surface area (Å²) in [7, 11) is 0. The molecule has 14 heavy (non-hydrogen) atoms. The van der Waals surface area contributed by atoms with Gasteiger partial charge in [-0.25, -0.2) is 0 Å². The largest absolute Gasteiger partial charge is 0.453 e. The van der Waals surface area contributed by atoms with Crippen molar-refractivity contribution in [3.63, 3.8) is 0 Å². The van der Waals surface area contributed by atoms with Gasteiger partial charge in [0.05, 0.1) is 0 Å². The van der Waals surface area contributed by atoms with Crippen LogP contribution in [0.3, 0.4) is 0 Å². The number of benzene rings is 1. The molecule has 0 aliphatic heterocycles. The molecule has 0 bridgehead atoms. The molecule has 72 valence electrons. The van der Waals surface area contributed by atoms with Gasteiger partial charge in [-0.15, -0.1) is 0 Å². The van der Waals surface area contributed by atoms with Gasteiger partial charge in [0.25, 0.3) is 0 Å². The number of rotatable bonds is 2. The summed E-state index contributed by atoms with van der Waals surface area (Å²) in [6, 6.07) is 7.71. The van der Waals surface area contributed by atoms with Gasteiger partial charge in [0.1, 0.15) is 5.58 Å². The van der Waals surface area contributed by atoms with Crippen LogP contribution in [0.4, 0.5) is 0 Å². The Hall–Kier alpha value is -1.57. The van der Waals surface area contributed by atoms with Crippen molar-refractivity contribution in [3.8, 4) is 0 Å². The highest BCUT2D eigenvalue weighted by molar-refractivity contribution is 5.87. The lowest BCUT2D eigenvalue weighted by Gasteiger charge is -2.04. The third-order valence-corrected chi connectivity index (χ3v) is 2.35. The number of carbonyl (C=O) groups excluding carboxylic acids is 1. The molecular weight excluding hydrogens is 176 g/mol. The Balaban J connectivity index is 2.72. The maximum absolute atomic E-state index is 10.6. The molecule has 1 aromatic carbocycles. The Kier molecular flexibility index (Phi) is 2.12. The van der Waals surface area contributed by atoms with Crippen LogP contribution in [0, 0.1) is 0 Å². The van der Waals surface area contributed by atoms with E-state index in [0.29, 0.717) is 11.7 Å².